The Bertz CT molecular complexity index is 2270. The van der Waals surface area contributed by atoms with Crippen LogP contribution in [-0.4, -0.2) is 64.9 Å². The van der Waals surface area contributed by atoms with Crippen LogP contribution in [0.1, 0.15) is 16.1 Å². The number of aliphatic hydroxyl groups is 1. The highest BCUT2D eigenvalue weighted by Gasteiger charge is 2.25. The molecule has 0 bridgehead atoms. The van der Waals surface area contributed by atoms with Gasteiger partial charge in [-0.15, -0.1) is 0 Å². The lowest BCUT2D eigenvalue weighted by atomic mass is 10.1. The number of nitrogens with one attached hydrogen (secondary N) is 4. The van der Waals surface area contributed by atoms with Crippen LogP contribution in [-0.2, 0) is 14.8 Å². The summed E-state index contributed by atoms with van der Waals surface area (Å²) in [5.41, 5.74) is -0.519. The molecule has 0 unspecified atom stereocenters. The van der Waals surface area contributed by atoms with Gasteiger partial charge in [-0.1, -0.05) is 64.6 Å². The molecular weight excluding hydrogens is 720 g/mol. The van der Waals surface area contributed by atoms with Crippen molar-refractivity contribution in [3.63, 3.8) is 0 Å². The summed E-state index contributed by atoms with van der Waals surface area (Å²) in [4.78, 5) is 53.8. The number of carbonyl (C=O) groups excluding carboxylic acids is 1. The number of aromatic amines is 3. The monoisotopic (exact) mass is 741 g/mol. The standard InChI is InChI=1S/C18H12Cl2N2O3.C11H11Cl2N3O5S/c19-10-8-13(20)16-12(17(18(24)25)22-14(16)9-10)6-7-15(23)21-11-4-2-1-3-5-11;1-22(20,21)16(2-3-17)9-7(13)5(12)4-6-8(9)15-11(19)10(18)14-6/h1-9,22H,(H,21,23)(H,24,25);4,17H,2-3H2,1H3,(H,14,18)(H,15,19)/b7-6+;. The van der Waals surface area contributed by atoms with Gasteiger partial charge in [-0.05, 0) is 36.4 Å². The molecule has 0 aliphatic heterocycles. The van der Waals surface area contributed by atoms with Gasteiger partial charge in [-0.3, -0.25) is 18.7 Å². The molecule has 0 aliphatic carbocycles. The molecule has 0 fully saturated rings. The summed E-state index contributed by atoms with van der Waals surface area (Å²) in [5, 5.41) is 22.2. The summed E-state index contributed by atoms with van der Waals surface area (Å²) < 4.78 is 24.7. The number of aromatic nitrogens is 3. The molecule has 47 heavy (non-hydrogen) atoms. The molecule has 5 aromatic rings. The van der Waals surface area contributed by atoms with Gasteiger partial charge in [0, 0.05) is 33.3 Å². The van der Waals surface area contributed by atoms with Crippen molar-refractivity contribution < 1.29 is 28.2 Å². The van der Waals surface area contributed by atoms with Crippen LogP contribution in [0, 0.1) is 0 Å². The minimum atomic E-state index is -3.82. The van der Waals surface area contributed by atoms with Crippen LogP contribution in [0.15, 0.2) is 64.2 Å². The summed E-state index contributed by atoms with van der Waals surface area (Å²) in [7, 11) is -3.82. The Labute approximate surface area is 285 Å². The van der Waals surface area contributed by atoms with Gasteiger partial charge < -0.3 is 30.5 Å². The lowest BCUT2D eigenvalue weighted by Gasteiger charge is -2.24. The fourth-order valence-electron chi connectivity index (χ4n) is 4.43. The van der Waals surface area contributed by atoms with E-state index in [1.165, 1.54) is 24.3 Å². The maximum Gasteiger partial charge on any atom is 0.352 e. The third kappa shape index (κ3) is 8.16. The number of carbonyl (C=O) groups is 2. The fraction of sp³-hybridized carbons (Fsp3) is 0.103. The molecule has 0 radical (unpaired) electrons. The molecule has 6 N–H and O–H groups in total. The third-order valence-electron chi connectivity index (χ3n) is 6.35. The molecule has 2 heterocycles. The average Bonchev–Trinajstić information content (AvgIpc) is 3.36. The number of carboxylic acids is 1. The predicted molar refractivity (Wildman–Crippen MR) is 184 cm³/mol. The van der Waals surface area contributed by atoms with E-state index in [4.69, 9.17) is 51.5 Å². The number of rotatable bonds is 8. The molecule has 0 atom stereocenters. The SMILES string of the molecule is CS(=O)(=O)N(CCO)c1c(Cl)c(Cl)cc2[nH]c(=O)c(=O)[nH]c12.O=C(/C=C/c1c(C(=O)O)[nH]c2cc(Cl)cc(Cl)c12)Nc1ccccc1. The van der Waals surface area contributed by atoms with E-state index in [-0.39, 0.29) is 44.9 Å². The number of aromatic carboxylic acids is 1. The van der Waals surface area contributed by atoms with Gasteiger partial charge in [0.25, 0.3) is 0 Å². The van der Waals surface area contributed by atoms with E-state index in [0.717, 1.165) is 10.6 Å². The average molecular weight is 743 g/mol. The second kappa shape index (κ2) is 14.6. The molecule has 18 heteroatoms. The number of carboxylic acid groups (broad SMARTS) is 1. The maximum absolute atomic E-state index is 12.1. The first-order chi connectivity index (χ1) is 22.1. The van der Waals surface area contributed by atoms with E-state index in [0.29, 0.717) is 32.2 Å². The third-order valence-corrected chi connectivity index (χ3v) is 8.81. The van der Waals surface area contributed by atoms with Crippen molar-refractivity contribution in [1.82, 2.24) is 15.0 Å². The molecule has 1 amide bonds. The second-order valence-electron chi connectivity index (χ2n) is 9.63. The largest absolute Gasteiger partial charge is 0.477 e. The van der Waals surface area contributed by atoms with Crippen molar-refractivity contribution in [2.45, 2.75) is 0 Å². The molecule has 0 saturated carbocycles. The van der Waals surface area contributed by atoms with Crippen molar-refractivity contribution in [3.05, 3.63) is 107 Å². The quantitative estimate of drug-likeness (QED) is 0.0929. The molecule has 246 valence electrons. The molecular formula is C29H23Cl4N5O8S. The molecule has 0 aliphatic rings. The number of amides is 1. The smallest absolute Gasteiger partial charge is 0.352 e. The van der Waals surface area contributed by atoms with Gasteiger partial charge in [0.15, 0.2) is 0 Å². The van der Waals surface area contributed by atoms with E-state index in [9.17, 15) is 32.7 Å². The van der Waals surface area contributed by atoms with Crippen molar-refractivity contribution in [2.24, 2.45) is 0 Å². The summed E-state index contributed by atoms with van der Waals surface area (Å²) in [6, 6.07) is 13.3. The zero-order chi connectivity index (χ0) is 34.6. The van der Waals surface area contributed by atoms with Gasteiger partial charge in [0.05, 0.1) is 51.2 Å². The number of fused-ring (bicyclic) bond motifs is 2. The van der Waals surface area contributed by atoms with Crippen molar-refractivity contribution in [1.29, 1.82) is 0 Å². The molecule has 13 nitrogen and oxygen atoms in total. The van der Waals surface area contributed by atoms with Crippen LogP contribution in [0.2, 0.25) is 20.1 Å². The molecule has 2 aromatic heterocycles. The number of anilines is 2. The fourth-order valence-corrected chi connectivity index (χ4v) is 6.45. The first-order valence-electron chi connectivity index (χ1n) is 13.1. The van der Waals surface area contributed by atoms with Crippen molar-refractivity contribution >= 4 is 108 Å². The van der Waals surface area contributed by atoms with Crippen LogP contribution in [0.4, 0.5) is 11.4 Å². The number of benzene rings is 3. The highest BCUT2D eigenvalue weighted by molar-refractivity contribution is 7.92. The van der Waals surface area contributed by atoms with E-state index in [1.807, 2.05) is 6.07 Å². The molecule has 0 saturated heterocycles. The number of sulfonamides is 1. The Morgan fingerprint density at radius 3 is 2.21 bits per heavy atom. The summed E-state index contributed by atoms with van der Waals surface area (Å²) >= 11 is 24.2. The zero-order valence-corrected chi connectivity index (χ0v) is 27.7. The normalized spacial score (nSPS) is 11.4. The van der Waals surface area contributed by atoms with Gasteiger partial charge in [-0.25, -0.2) is 13.2 Å². The lowest BCUT2D eigenvalue weighted by Crippen LogP contribution is -2.34. The lowest BCUT2D eigenvalue weighted by molar-refractivity contribution is -0.111. The summed E-state index contributed by atoms with van der Waals surface area (Å²) in [6.07, 6.45) is 3.59. The first-order valence-corrected chi connectivity index (χ1v) is 16.5. The summed E-state index contributed by atoms with van der Waals surface area (Å²) in [6.45, 7) is -0.778. The van der Waals surface area contributed by atoms with Crippen LogP contribution in [0.25, 0.3) is 28.0 Å². The maximum atomic E-state index is 12.1. The molecule has 3 aromatic carbocycles. The van der Waals surface area contributed by atoms with Crippen molar-refractivity contribution in [3.8, 4) is 0 Å². The first kappa shape index (κ1) is 35.5. The molecule has 5 rings (SSSR count). The number of para-hydroxylation sites is 1. The van der Waals surface area contributed by atoms with Crippen LogP contribution < -0.4 is 20.7 Å². The van der Waals surface area contributed by atoms with Gasteiger partial charge in [-0.2, -0.15) is 0 Å². The van der Waals surface area contributed by atoms with E-state index < -0.39 is 33.7 Å². The van der Waals surface area contributed by atoms with Crippen molar-refractivity contribution in [2.75, 3.05) is 29.0 Å². The van der Waals surface area contributed by atoms with Gasteiger partial charge in [0.1, 0.15) is 5.69 Å². The highest BCUT2D eigenvalue weighted by Crippen LogP contribution is 2.38. The van der Waals surface area contributed by atoms with Crippen LogP contribution in [0.5, 0.6) is 0 Å². The Morgan fingerprint density at radius 1 is 0.936 bits per heavy atom. The highest BCUT2D eigenvalue weighted by atomic mass is 35.5. The minimum Gasteiger partial charge on any atom is -0.477 e. The predicted octanol–water partition coefficient (Wildman–Crippen LogP) is 5.11. The van der Waals surface area contributed by atoms with E-state index in [2.05, 4.69) is 20.3 Å². The number of hydrogen-bond acceptors (Lipinski definition) is 7. The Balaban J connectivity index is 0.000000215. The Morgan fingerprint density at radius 2 is 1.60 bits per heavy atom. The minimum absolute atomic E-state index is 0.00197. The topological polar surface area (TPSA) is 206 Å². The Hall–Kier alpha value is -4.31. The van der Waals surface area contributed by atoms with E-state index >= 15 is 0 Å². The number of nitrogens with zero attached hydrogens (tertiary/aromatic N) is 1. The van der Waals surface area contributed by atoms with Crippen LogP contribution >= 0.6 is 46.4 Å². The second-order valence-corrected chi connectivity index (χ2v) is 13.2. The van der Waals surface area contributed by atoms with Crippen LogP contribution in [0.3, 0.4) is 0 Å². The van der Waals surface area contributed by atoms with Gasteiger partial charge in [0.2, 0.25) is 15.9 Å². The zero-order valence-electron chi connectivity index (χ0n) is 23.9. The number of H-pyrrole nitrogens is 3. The number of halogens is 4. The Kier molecular flexibility index (Phi) is 11.1. The summed E-state index contributed by atoms with van der Waals surface area (Å²) in [5.74, 6) is -1.55. The molecule has 0 spiro atoms. The van der Waals surface area contributed by atoms with Gasteiger partial charge >= 0.3 is 17.1 Å². The van der Waals surface area contributed by atoms with E-state index in [1.54, 1.807) is 30.3 Å². The number of aliphatic hydroxyl groups excluding tert-OH is 1. The number of hydrogen-bond donors (Lipinski definition) is 6.